The quantitative estimate of drug-likeness (QED) is 0.440. The second-order valence-electron chi connectivity index (χ2n) is 5.33. The van der Waals surface area contributed by atoms with Gasteiger partial charge in [-0.1, -0.05) is 12.1 Å². The van der Waals surface area contributed by atoms with Gasteiger partial charge in [-0.3, -0.25) is 4.79 Å². The Morgan fingerprint density at radius 2 is 1.31 bits per heavy atom. The molecule has 8 nitrogen and oxygen atoms in total. The number of aromatic hydroxyl groups is 1. The summed E-state index contributed by atoms with van der Waals surface area (Å²) in [5.41, 5.74) is 18.0. The Kier molecular flexibility index (Phi) is 10.7. The molecular weight excluding hydrogens is 439 g/mol. The van der Waals surface area contributed by atoms with Crippen LogP contribution in [-0.4, -0.2) is 32.5 Å². The van der Waals surface area contributed by atoms with Crippen molar-refractivity contribution in [1.82, 2.24) is 15.0 Å². The van der Waals surface area contributed by atoms with Gasteiger partial charge in [-0.2, -0.15) is 15.0 Å². The topological polar surface area (TPSA) is 154 Å². The Bertz CT molecular complexity index is 858. The van der Waals surface area contributed by atoms with Crippen LogP contribution in [0.3, 0.4) is 0 Å². The number of benzene rings is 2. The molecule has 0 atom stereocenters. The maximum Gasteiger partial charge on any atom is 0.248 e. The number of carbonyl (C=O) groups is 1. The number of anilines is 1. The number of primary amides is 1. The summed E-state index contributed by atoms with van der Waals surface area (Å²) in [6.45, 7) is 0.658. The highest BCUT2D eigenvalue weighted by Crippen LogP contribution is 2.09. The number of hydrogen-bond acceptors (Lipinski definition) is 7. The Hall–Kier alpha value is -2.65. The third-order valence-corrected chi connectivity index (χ3v) is 3.63. The van der Waals surface area contributed by atoms with Crippen LogP contribution < -0.4 is 17.2 Å². The van der Waals surface area contributed by atoms with E-state index in [2.05, 4.69) is 15.0 Å². The number of hydrogen-bond donors (Lipinski definition) is 4. The molecule has 7 N–H and O–H groups in total. The summed E-state index contributed by atoms with van der Waals surface area (Å²) >= 11 is 16.0. The lowest BCUT2D eigenvalue weighted by molar-refractivity contribution is 0.100. The summed E-state index contributed by atoms with van der Waals surface area (Å²) in [4.78, 5) is 20.9. The zero-order valence-corrected chi connectivity index (χ0v) is 17.4. The van der Waals surface area contributed by atoms with Gasteiger partial charge in [0.05, 0.1) is 0 Å². The number of nitrogens with zero attached hydrogens (tertiary/aromatic N) is 3. The van der Waals surface area contributed by atoms with Crippen LogP contribution in [0, 0.1) is 0 Å². The molecule has 2 aromatic carbocycles. The number of aromatic nitrogens is 3. The molecule has 0 aliphatic carbocycles. The monoisotopic (exact) mass is 456 g/mol. The molecule has 0 unspecified atom stereocenters. The van der Waals surface area contributed by atoms with E-state index >= 15 is 0 Å². The minimum absolute atomic E-state index is 0.000000000000000444. The third-order valence-electron chi connectivity index (χ3n) is 3.12. The van der Waals surface area contributed by atoms with Crippen molar-refractivity contribution in [2.45, 2.75) is 6.42 Å². The first-order valence-electron chi connectivity index (χ1n) is 8.07. The summed E-state index contributed by atoms with van der Waals surface area (Å²) in [5.74, 6) is -0.124. The standard InChI is InChI=1S/C8H11NO.C7H8N2O.C3Cl3N3/c9-6-5-7-1-3-8(10)4-2-7;8-6-3-1-5(2-4-6)7(9)10;4-1-7-2(5)9-3(6)8-1/h1-4,10H,5-6,9H2;1-4H,8H2,(H2,9,10);. The molecule has 0 aliphatic rings. The minimum atomic E-state index is -0.431. The highest BCUT2D eigenvalue weighted by molar-refractivity contribution is 6.33. The van der Waals surface area contributed by atoms with Crippen molar-refractivity contribution in [2.24, 2.45) is 11.5 Å². The van der Waals surface area contributed by atoms with E-state index in [0.717, 1.165) is 6.42 Å². The highest BCUT2D eigenvalue weighted by atomic mass is 35.5. The molecule has 0 spiro atoms. The van der Waals surface area contributed by atoms with Gasteiger partial charge < -0.3 is 22.3 Å². The fraction of sp³-hybridized carbons (Fsp3) is 0.111. The lowest BCUT2D eigenvalue weighted by Crippen LogP contribution is -2.10. The molecule has 0 aliphatic heterocycles. The van der Waals surface area contributed by atoms with Crippen LogP contribution in [0.5, 0.6) is 5.75 Å². The zero-order chi connectivity index (χ0) is 21.8. The van der Waals surface area contributed by atoms with E-state index in [1.807, 2.05) is 12.1 Å². The Morgan fingerprint density at radius 3 is 1.69 bits per heavy atom. The van der Waals surface area contributed by atoms with Gasteiger partial charge >= 0.3 is 0 Å². The second-order valence-corrected chi connectivity index (χ2v) is 6.35. The van der Waals surface area contributed by atoms with E-state index in [-0.39, 0.29) is 15.9 Å². The largest absolute Gasteiger partial charge is 0.508 e. The molecule has 0 fully saturated rings. The number of nitrogens with two attached hydrogens (primary N) is 3. The first kappa shape index (κ1) is 24.4. The number of halogens is 3. The third kappa shape index (κ3) is 10.5. The van der Waals surface area contributed by atoms with Crippen molar-refractivity contribution >= 4 is 46.4 Å². The van der Waals surface area contributed by atoms with Crippen molar-refractivity contribution < 1.29 is 9.90 Å². The molecule has 0 saturated heterocycles. The molecule has 0 saturated carbocycles. The number of amides is 1. The second kappa shape index (κ2) is 12.7. The summed E-state index contributed by atoms with van der Waals surface area (Å²) in [6.07, 6.45) is 0.875. The predicted octanol–water partition coefficient (Wildman–Crippen LogP) is 3.09. The zero-order valence-electron chi connectivity index (χ0n) is 15.1. The van der Waals surface area contributed by atoms with Crippen molar-refractivity contribution in [3.63, 3.8) is 0 Å². The first-order chi connectivity index (χ1) is 13.7. The van der Waals surface area contributed by atoms with Crippen LogP contribution in [0.25, 0.3) is 0 Å². The maximum atomic E-state index is 10.5. The van der Waals surface area contributed by atoms with Crippen LogP contribution in [-0.2, 0) is 6.42 Å². The Labute approximate surface area is 182 Å². The summed E-state index contributed by atoms with van der Waals surface area (Å²) < 4.78 is 0. The lowest BCUT2D eigenvalue weighted by atomic mass is 10.1. The number of rotatable bonds is 3. The fourth-order valence-corrected chi connectivity index (χ4v) is 2.39. The molecule has 154 valence electrons. The average molecular weight is 458 g/mol. The molecule has 1 heterocycles. The first-order valence-corrected chi connectivity index (χ1v) is 9.20. The smallest absolute Gasteiger partial charge is 0.248 e. The van der Waals surface area contributed by atoms with E-state index in [1.165, 1.54) is 5.56 Å². The molecular formula is C18H19Cl3N6O2. The van der Waals surface area contributed by atoms with Crippen molar-refractivity contribution in [2.75, 3.05) is 12.3 Å². The number of phenols is 1. The van der Waals surface area contributed by atoms with Crippen LogP contribution in [0.1, 0.15) is 15.9 Å². The average Bonchev–Trinajstić information content (AvgIpc) is 2.64. The van der Waals surface area contributed by atoms with E-state index in [4.69, 9.17) is 57.1 Å². The van der Waals surface area contributed by atoms with E-state index in [1.54, 1.807) is 36.4 Å². The number of carbonyl (C=O) groups excluding carboxylic acids is 1. The Morgan fingerprint density at radius 1 is 0.862 bits per heavy atom. The van der Waals surface area contributed by atoms with E-state index in [0.29, 0.717) is 23.5 Å². The minimum Gasteiger partial charge on any atom is -0.508 e. The normalized spacial score (nSPS) is 9.52. The van der Waals surface area contributed by atoms with Gasteiger partial charge in [0.2, 0.25) is 21.8 Å². The fourth-order valence-electron chi connectivity index (χ4n) is 1.78. The molecule has 0 bridgehead atoms. The van der Waals surface area contributed by atoms with Gasteiger partial charge in [0.15, 0.2) is 0 Å². The molecule has 11 heteroatoms. The van der Waals surface area contributed by atoms with Crippen LogP contribution in [0.4, 0.5) is 5.69 Å². The van der Waals surface area contributed by atoms with Gasteiger partial charge in [-0.05, 0) is 89.7 Å². The SMILES string of the molecule is Clc1nc(Cl)nc(Cl)n1.NC(=O)c1ccc(N)cc1.NCCc1ccc(O)cc1. The van der Waals surface area contributed by atoms with Gasteiger partial charge in [0.1, 0.15) is 5.75 Å². The Balaban J connectivity index is 0.000000218. The van der Waals surface area contributed by atoms with Crippen molar-refractivity contribution in [3.05, 3.63) is 75.5 Å². The maximum absolute atomic E-state index is 10.5. The summed E-state index contributed by atoms with van der Waals surface area (Å²) in [6, 6.07) is 13.6. The van der Waals surface area contributed by atoms with Crippen LogP contribution in [0.2, 0.25) is 15.9 Å². The molecule has 29 heavy (non-hydrogen) atoms. The molecule has 1 aromatic heterocycles. The summed E-state index contributed by atoms with van der Waals surface area (Å²) in [5, 5.41) is 8.89. The molecule has 3 aromatic rings. The number of nitrogen functional groups attached to an aromatic ring is 1. The highest BCUT2D eigenvalue weighted by Gasteiger charge is 1.98. The molecule has 1 amide bonds. The van der Waals surface area contributed by atoms with Gasteiger partial charge in [-0.25, -0.2) is 0 Å². The molecule has 3 rings (SSSR count). The summed E-state index contributed by atoms with van der Waals surface area (Å²) in [7, 11) is 0. The van der Waals surface area contributed by atoms with Crippen LogP contribution in [0.15, 0.2) is 48.5 Å². The predicted molar refractivity (Wildman–Crippen MR) is 115 cm³/mol. The van der Waals surface area contributed by atoms with Gasteiger partial charge in [0, 0.05) is 11.3 Å². The lowest BCUT2D eigenvalue weighted by Gasteiger charge is -1.96. The number of phenolic OH excluding ortho intramolecular Hbond substituents is 1. The van der Waals surface area contributed by atoms with Crippen molar-refractivity contribution in [1.29, 1.82) is 0 Å². The van der Waals surface area contributed by atoms with Gasteiger partial charge in [0.25, 0.3) is 0 Å². The van der Waals surface area contributed by atoms with Gasteiger partial charge in [-0.15, -0.1) is 0 Å². The van der Waals surface area contributed by atoms with E-state index < -0.39 is 5.91 Å². The van der Waals surface area contributed by atoms with E-state index in [9.17, 15) is 4.79 Å². The van der Waals surface area contributed by atoms with Crippen LogP contribution >= 0.6 is 34.8 Å². The molecule has 0 radical (unpaired) electrons. The van der Waals surface area contributed by atoms with Crippen molar-refractivity contribution in [3.8, 4) is 5.75 Å².